The first-order valence-electron chi connectivity index (χ1n) is 6.36. The van der Waals surface area contributed by atoms with Crippen molar-refractivity contribution in [3.05, 3.63) is 59.7 Å². The highest BCUT2D eigenvalue weighted by Gasteiger charge is 2.33. The van der Waals surface area contributed by atoms with E-state index < -0.39 is 12.5 Å². The van der Waals surface area contributed by atoms with E-state index in [9.17, 15) is 8.78 Å². The third kappa shape index (κ3) is 3.73. The molecule has 112 valence electrons. The molecule has 0 fully saturated rings. The molecule has 0 bridgehead atoms. The van der Waals surface area contributed by atoms with E-state index >= 15 is 0 Å². The zero-order chi connectivity index (χ0) is 15.3. The lowest BCUT2D eigenvalue weighted by Crippen LogP contribution is -2.23. The molecule has 0 aliphatic carbocycles. The molecule has 2 aromatic rings. The Morgan fingerprint density at radius 1 is 1.05 bits per heavy atom. The highest BCUT2D eigenvalue weighted by molar-refractivity contribution is 9.08. The molecule has 0 aliphatic rings. The SMILES string of the molecule is COc1cccc(CBr)c1OCC(F)(F)c1ccccc1. The van der Waals surface area contributed by atoms with Crippen molar-refractivity contribution in [1.82, 2.24) is 0 Å². The predicted molar refractivity (Wildman–Crippen MR) is 81.5 cm³/mol. The number of hydrogen-bond donors (Lipinski definition) is 0. The van der Waals surface area contributed by atoms with Crippen molar-refractivity contribution in [2.45, 2.75) is 11.3 Å². The van der Waals surface area contributed by atoms with Gasteiger partial charge in [-0.3, -0.25) is 0 Å². The Balaban J connectivity index is 2.20. The second-order valence-corrected chi connectivity index (χ2v) is 5.00. The number of para-hydroxylation sites is 1. The molecule has 21 heavy (non-hydrogen) atoms. The first-order valence-corrected chi connectivity index (χ1v) is 7.48. The van der Waals surface area contributed by atoms with E-state index in [0.717, 1.165) is 5.56 Å². The number of methoxy groups -OCH3 is 1. The van der Waals surface area contributed by atoms with Crippen LogP contribution in [0.3, 0.4) is 0 Å². The molecule has 0 saturated heterocycles. The van der Waals surface area contributed by atoms with E-state index in [-0.39, 0.29) is 5.56 Å². The third-order valence-electron chi connectivity index (χ3n) is 3.02. The van der Waals surface area contributed by atoms with Crippen LogP contribution in [0.5, 0.6) is 11.5 Å². The quantitative estimate of drug-likeness (QED) is 0.694. The van der Waals surface area contributed by atoms with Crippen LogP contribution in [0.2, 0.25) is 0 Å². The maximum absolute atomic E-state index is 14.1. The molecule has 2 nitrogen and oxygen atoms in total. The molecule has 0 radical (unpaired) electrons. The maximum Gasteiger partial charge on any atom is 0.306 e. The molecule has 0 heterocycles. The Morgan fingerprint density at radius 2 is 1.76 bits per heavy atom. The first-order chi connectivity index (χ1) is 10.1. The van der Waals surface area contributed by atoms with Crippen LogP contribution in [0.4, 0.5) is 8.78 Å². The number of alkyl halides is 3. The van der Waals surface area contributed by atoms with Gasteiger partial charge in [0.2, 0.25) is 0 Å². The molecule has 0 unspecified atom stereocenters. The summed E-state index contributed by atoms with van der Waals surface area (Å²) in [5.41, 5.74) is 0.693. The summed E-state index contributed by atoms with van der Waals surface area (Å²) in [7, 11) is 1.48. The fourth-order valence-corrected chi connectivity index (χ4v) is 2.36. The predicted octanol–water partition coefficient (Wildman–Crippen LogP) is 4.76. The second-order valence-electron chi connectivity index (χ2n) is 4.44. The Hall–Kier alpha value is -1.62. The minimum atomic E-state index is -3.06. The van der Waals surface area contributed by atoms with Gasteiger partial charge in [0.15, 0.2) is 18.1 Å². The van der Waals surface area contributed by atoms with Crippen LogP contribution in [-0.2, 0) is 11.3 Å². The van der Waals surface area contributed by atoms with Gasteiger partial charge < -0.3 is 9.47 Å². The average Bonchev–Trinajstić information content (AvgIpc) is 2.53. The molecule has 0 amide bonds. The number of hydrogen-bond acceptors (Lipinski definition) is 2. The Bertz CT molecular complexity index is 566. The minimum absolute atomic E-state index is 0.0692. The molecular weight excluding hydrogens is 342 g/mol. The average molecular weight is 357 g/mol. The van der Waals surface area contributed by atoms with Gasteiger partial charge in [-0.2, -0.15) is 8.78 Å². The van der Waals surface area contributed by atoms with E-state index in [2.05, 4.69) is 15.9 Å². The van der Waals surface area contributed by atoms with E-state index in [4.69, 9.17) is 9.47 Å². The summed E-state index contributed by atoms with van der Waals surface area (Å²) in [5.74, 6) is -2.28. The van der Waals surface area contributed by atoms with Gasteiger partial charge >= 0.3 is 5.92 Å². The highest BCUT2D eigenvalue weighted by Crippen LogP contribution is 2.35. The fourth-order valence-electron chi connectivity index (χ4n) is 1.92. The number of rotatable bonds is 6. The van der Waals surface area contributed by atoms with E-state index in [0.29, 0.717) is 16.8 Å². The van der Waals surface area contributed by atoms with Crippen LogP contribution < -0.4 is 9.47 Å². The van der Waals surface area contributed by atoms with Crippen molar-refractivity contribution in [3.63, 3.8) is 0 Å². The molecule has 0 spiro atoms. The zero-order valence-electron chi connectivity index (χ0n) is 11.5. The van der Waals surface area contributed by atoms with Gasteiger partial charge in [0, 0.05) is 16.5 Å². The van der Waals surface area contributed by atoms with Crippen LogP contribution in [0, 0.1) is 0 Å². The second kappa shape index (κ2) is 6.89. The van der Waals surface area contributed by atoms with Crippen LogP contribution in [0.1, 0.15) is 11.1 Å². The molecule has 0 atom stereocenters. The Kier molecular flexibility index (Phi) is 5.17. The molecular formula is C16H15BrF2O2. The fraction of sp³-hybridized carbons (Fsp3) is 0.250. The van der Waals surface area contributed by atoms with Crippen LogP contribution in [0.25, 0.3) is 0 Å². The smallest absolute Gasteiger partial charge is 0.306 e. The highest BCUT2D eigenvalue weighted by atomic mass is 79.9. The third-order valence-corrected chi connectivity index (χ3v) is 3.62. The van der Waals surface area contributed by atoms with Crippen molar-refractivity contribution >= 4 is 15.9 Å². The number of halogens is 3. The van der Waals surface area contributed by atoms with E-state index in [1.54, 1.807) is 36.4 Å². The van der Waals surface area contributed by atoms with Gasteiger partial charge in [0.25, 0.3) is 0 Å². The van der Waals surface area contributed by atoms with Crippen molar-refractivity contribution in [2.24, 2.45) is 0 Å². The van der Waals surface area contributed by atoms with Crippen LogP contribution >= 0.6 is 15.9 Å². The molecule has 0 aromatic heterocycles. The lowest BCUT2D eigenvalue weighted by Gasteiger charge is -2.20. The topological polar surface area (TPSA) is 18.5 Å². The van der Waals surface area contributed by atoms with Gasteiger partial charge in [-0.25, -0.2) is 0 Å². The van der Waals surface area contributed by atoms with Gasteiger partial charge in [0.1, 0.15) is 0 Å². The van der Waals surface area contributed by atoms with Crippen molar-refractivity contribution in [2.75, 3.05) is 13.7 Å². The maximum atomic E-state index is 14.1. The summed E-state index contributed by atoms with van der Waals surface area (Å²) in [5, 5.41) is 0.496. The van der Waals surface area contributed by atoms with Gasteiger partial charge in [0.05, 0.1) is 7.11 Å². The molecule has 2 rings (SSSR count). The largest absolute Gasteiger partial charge is 0.493 e. The van der Waals surface area contributed by atoms with Crippen LogP contribution in [-0.4, -0.2) is 13.7 Å². The summed E-state index contributed by atoms with van der Waals surface area (Å²) in [6.07, 6.45) is 0. The van der Waals surface area contributed by atoms with Crippen molar-refractivity contribution in [3.8, 4) is 11.5 Å². The Morgan fingerprint density at radius 3 is 2.38 bits per heavy atom. The van der Waals surface area contributed by atoms with Gasteiger partial charge in [-0.1, -0.05) is 58.4 Å². The van der Waals surface area contributed by atoms with E-state index in [1.165, 1.54) is 19.2 Å². The molecule has 2 aromatic carbocycles. The zero-order valence-corrected chi connectivity index (χ0v) is 13.1. The van der Waals surface area contributed by atoms with Gasteiger partial charge in [-0.15, -0.1) is 0 Å². The lowest BCUT2D eigenvalue weighted by molar-refractivity contribution is -0.0473. The standard InChI is InChI=1S/C16H15BrF2O2/c1-20-14-9-5-6-12(10-17)15(14)21-11-16(18,19)13-7-3-2-4-8-13/h2-9H,10-11H2,1H3. The van der Waals surface area contributed by atoms with E-state index in [1.807, 2.05) is 0 Å². The van der Waals surface area contributed by atoms with Crippen LogP contribution in [0.15, 0.2) is 48.5 Å². The summed E-state index contributed by atoms with van der Waals surface area (Å²) in [6.45, 7) is -0.739. The molecule has 0 aliphatic heterocycles. The summed E-state index contributed by atoms with van der Waals surface area (Å²) in [4.78, 5) is 0. The minimum Gasteiger partial charge on any atom is -0.493 e. The summed E-state index contributed by atoms with van der Waals surface area (Å²) in [6, 6.07) is 12.9. The van der Waals surface area contributed by atoms with Crippen molar-refractivity contribution < 1.29 is 18.3 Å². The first kappa shape index (κ1) is 15.8. The molecule has 5 heteroatoms. The summed E-state index contributed by atoms with van der Waals surface area (Å²) >= 11 is 3.31. The van der Waals surface area contributed by atoms with Crippen molar-refractivity contribution in [1.29, 1.82) is 0 Å². The normalized spacial score (nSPS) is 11.2. The number of ether oxygens (including phenoxy) is 2. The number of benzene rings is 2. The Labute approximate surface area is 130 Å². The lowest BCUT2D eigenvalue weighted by atomic mass is 10.1. The van der Waals surface area contributed by atoms with Gasteiger partial charge in [-0.05, 0) is 6.07 Å². The molecule has 0 N–H and O–H groups in total. The summed E-state index contributed by atoms with van der Waals surface area (Å²) < 4.78 is 38.8. The molecule has 0 saturated carbocycles. The monoisotopic (exact) mass is 356 g/mol.